The molecule has 0 spiro atoms. The molecule has 3 rings (SSSR count). The van der Waals surface area contributed by atoms with Gasteiger partial charge in [0.15, 0.2) is 0 Å². The zero-order valence-electron chi connectivity index (χ0n) is 13.8. The van der Waals surface area contributed by atoms with E-state index in [2.05, 4.69) is 34.5 Å². The first-order valence-electron chi connectivity index (χ1n) is 8.34. The van der Waals surface area contributed by atoms with Gasteiger partial charge in [-0.05, 0) is 30.5 Å². The monoisotopic (exact) mass is 377 g/mol. The number of carbonyl (C=O) groups is 1. The fourth-order valence-electron chi connectivity index (χ4n) is 3.08. The van der Waals surface area contributed by atoms with Gasteiger partial charge in [-0.25, -0.2) is 0 Å². The molecule has 0 atom stereocenters. The number of amides is 1. The van der Waals surface area contributed by atoms with Crippen LogP contribution in [0.3, 0.4) is 0 Å². The van der Waals surface area contributed by atoms with Crippen LogP contribution in [-0.4, -0.2) is 29.9 Å². The lowest BCUT2D eigenvalue weighted by molar-refractivity contribution is 0.0909. The predicted molar refractivity (Wildman–Crippen MR) is 103 cm³/mol. The van der Waals surface area contributed by atoms with Crippen molar-refractivity contribution in [3.8, 4) is 0 Å². The molecule has 1 saturated heterocycles. The third-order valence-electron chi connectivity index (χ3n) is 4.50. The van der Waals surface area contributed by atoms with Crippen molar-refractivity contribution < 1.29 is 4.79 Å². The standard InChI is InChI=1S/C19H21Cl2N3O/c20-16-11-18(22)17(21)10-15(16)19(25)23-14-6-8-24(9-7-14)12-13-4-2-1-3-5-13/h1-5,10-11,14H,6-9,12,22H2,(H,23,25). The molecule has 25 heavy (non-hydrogen) atoms. The van der Waals surface area contributed by atoms with Crippen LogP contribution in [0.5, 0.6) is 0 Å². The van der Waals surface area contributed by atoms with E-state index in [1.807, 2.05) is 6.07 Å². The van der Waals surface area contributed by atoms with Gasteiger partial charge in [0.2, 0.25) is 0 Å². The molecule has 1 fully saturated rings. The Morgan fingerprint density at radius 2 is 1.80 bits per heavy atom. The third kappa shape index (κ3) is 4.66. The maximum atomic E-state index is 12.5. The third-order valence-corrected chi connectivity index (χ3v) is 5.14. The molecule has 1 amide bonds. The number of rotatable bonds is 4. The Morgan fingerprint density at radius 1 is 1.12 bits per heavy atom. The first kappa shape index (κ1) is 18.1. The van der Waals surface area contributed by atoms with Crippen molar-refractivity contribution >= 4 is 34.8 Å². The van der Waals surface area contributed by atoms with Crippen molar-refractivity contribution in [3.63, 3.8) is 0 Å². The van der Waals surface area contributed by atoms with Gasteiger partial charge in [0, 0.05) is 25.7 Å². The molecule has 0 bridgehead atoms. The van der Waals surface area contributed by atoms with Crippen molar-refractivity contribution in [1.29, 1.82) is 0 Å². The van der Waals surface area contributed by atoms with Gasteiger partial charge in [0.25, 0.3) is 5.91 Å². The second kappa shape index (κ2) is 8.09. The molecule has 4 nitrogen and oxygen atoms in total. The van der Waals surface area contributed by atoms with Crippen molar-refractivity contribution in [1.82, 2.24) is 10.2 Å². The Bertz CT molecular complexity index is 744. The highest BCUT2D eigenvalue weighted by molar-refractivity contribution is 6.37. The number of nitrogen functional groups attached to an aromatic ring is 1. The Kier molecular flexibility index (Phi) is 5.84. The van der Waals surface area contributed by atoms with E-state index in [0.29, 0.717) is 21.3 Å². The molecule has 0 unspecified atom stereocenters. The van der Waals surface area contributed by atoms with Gasteiger partial charge in [-0.2, -0.15) is 0 Å². The average Bonchev–Trinajstić information content (AvgIpc) is 2.60. The lowest BCUT2D eigenvalue weighted by Gasteiger charge is -2.32. The summed E-state index contributed by atoms with van der Waals surface area (Å²) in [6.07, 6.45) is 1.83. The molecule has 0 radical (unpaired) electrons. The number of carbonyl (C=O) groups excluding carboxylic acids is 1. The Balaban J connectivity index is 1.54. The lowest BCUT2D eigenvalue weighted by atomic mass is 10.0. The molecular formula is C19H21Cl2N3O. The van der Waals surface area contributed by atoms with Crippen LogP contribution in [0.15, 0.2) is 42.5 Å². The summed E-state index contributed by atoms with van der Waals surface area (Å²) in [5.74, 6) is -0.201. The van der Waals surface area contributed by atoms with Gasteiger partial charge < -0.3 is 11.1 Å². The number of hydrogen-bond acceptors (Lipinski definition) is 3. The summed E-state index contributed by atoms with van der Waals surface area (Å²) in [4.78, 5) is 14.9. The fraction of sp³-hybridized carbons (Fsp3) is 0.316. The number of anilines is 1. The van der Waals surface area contributed by atoms with Crippen LogP contribution in [0.25, 0.3) is 0 Å². The summed E-state index contributed by atoms with van der Waals surface area (Å²) in [5, 5.41) is 3.72. The quantitative estimate of drug-likeness (QED) is 0.792. The SMILES string of the molecule is Nc1cc(Cl)c(C(=O)NC2CCN(Cc3ccccc3)CC2)cc1Cl. The van der Waals surface area contributed by atoms with Crippen LogP contribution >= 0.6 is 23.2 Å². The maximum Gasteiger partial charge on any atom is 0.253 e. The Labute approximate surface area is 157 Å². The minimum Gasteiger partial charge on any atom is -0.397 e. The molecule has 2 aromatic rings. The van der Waals surface area contributed by atoms with E-state index in [9.17, 15) is 4.79 Å². The summed E-state index contributed by atoms with van der Waals surface area (Å²) in [6, 6.07) is 13.6. The van der Waals surface area contributed by atoms with E-state index in [4.69, 9.17) is 28.9 Å². The van der Waals surface area contributed by atoms with Gasteiger partial charge in [0.1, 0.15) is 0 Å². The summed E-state index contributed by atoms with van der Waals surface area (Å²) < 4.78 is 0. The minimum atomic E-state index is -0.201. The number of nitrogens with one attached hydrogen (secondary N) is 1. The number of nitrogens with zero attached hydrogens (tertiary/aromatic N) is 1. The largest absolute Gasteiger partial charge is 0.397 e. The molecule has 1 aliphatic heterocycles. The Morgan fingerprint density at radius 3 is 2.48 bits per heavy atom. The molecule has 132 valence electrons. The van der Waals surface area contributed by atoms with Crippen molar-refractivity contribution in [2.24, 2.45) is 0 Å². The highest BCUT2D eigenvalue weighted by atomic mass is 35.5. The second-order valence-corrected chi connectivity index (χ2v) is 7.18. The van der Waals surface area contributed by atoms with E-state index in [0.717, 1.165) is 32.5 Å². The second-order valence-electron chi connectivity index (χ2n) is 6.36. The zero-order valence-corrected chi connectivity index (χ0v) is 15.4. The van der Waals surface area contributed by atoms with Gasteiger partial charge in [-0.1, -0.05) is 53.5 Å². The summed E-state index contributed by atoms with van der Waals surface area (Å²) in [5.41, 5.74) is 7.75. The number of halogens is 2. The normalized spacial score (nSPS) is 15.9. The molecular weight excluding hydrogens is 357 g/mol. The van der Waals surface area contributed by atoms with Crippen LogP contribution in [0.2, 0.25) is 10.0 Å². The molecule has 0 aromatic heterocycles. The zero-order chi connectivity index (χ0) is 17.8. The molecule has 1 aliphatic rings. The summed E-state index contributed by atoms with van der Waals surface area (Å²) >= 11 is 12.1. The van der Waals surface area contributed by atoms with E-state index < -0.39 is 0 Å². The van der Waals surface area contributed by atoms with Crippen molar-refractivity contribution in [2.45, 2.75) is 25.4 Å². The molecule has 1 heterocycles. The number of nitrogens with two attached hydrogens (primary N) is 1. The summed E-state index contributed by atoms with van der Waals surface area (Å²) in [7, 11) is 0. The lowest BCUT2D eigenvalue weighted by Crippen LogP contribution is -2.44. The first-order valence-corrected chi connectivity index (χ1v) is 9.10. The Hall–Kier alpha value is -1.75. The van der Waals surface area contributed by atoms with Gasteiger partial charge in [0.05, 0.1) is 21.3 Å². The highest BCUT2D eigenvalue weighted by Crippen LogP contribution is 2.27. The topological polar surface area (TPSA) is 58.4 Å². The number of hydrogen-bond donors (Lipinski definition) is 2. The average molecular weight is 378 g/mol. The molecule has 6 heteroatoms. The maximum absolute atomic E-state index is 12.5. The minimum absolute atomic E-state index is 0.145. The van der Waals surface area contributed by atoms with E-state index in [1.165, 1.54) is 17.7 Å². The van der Waals surface area contributed by atoms with Crippen LogP contribution in [0, 0.1) is 0 Å². The number of piperidine rings is 1. The smallest absolute Gasteiger partial charge is 0.253 e. The van der Waals surface area contributed by atoms with Crippen LogP contribution in [-0.2, 0) is 6.54 Å². The van der Waals surface area contributed by atoms with E-state index in [-0.39, 0.29) is 11.9 Å². The van der Waals surface area contributed by atoms with Gasteiger partial charge in [-0.3, -0.25) is 9.69 Å². The molecule has 3 N–H and O–H groups in total. The van der Waals surface area contributed by atoms with Crippen LogP contribution in [0.1, 0.15) is 28.8 Å². The fourth-order valence-corrected chi connectivity index (χ4v) is 3.50. The predicted octanol–water partition coefficient (Wildman–Crippen LogP) is 3.97. The number of benzene rings is 2. The van der Waals surface area contributed by atoms with Crippen molar-refractivity contribution in [3.05, 3.63) is 63.6 Å². The molecule has 0 saturated carbocycles. The van der Waals surface area contributed by atoms with E-state index in [1.54, 1.807) is 0 Å². The van der Waals surface area contributed by atoms with Gasteiger partial charge >= 0.3 is 0 Å². The van der Waals surface area contributed by atoms with Crippen LogP contribution < -0.4 is 11.1 Å². The van der Waals surface area contributed by atoms with Gasteiger partial charge in [-0.15, -0.1) is 0 Å². The molecule has 2 aromatic carbocycles. The highest BCUT2D eigenvalue weighted by Gasteiger charge is 2.22. The molecule has 0 aliphatic carbocycles. The van der Waals surface area contributed by atoms with Crippen LogP contribution in [0.4, 0.5) is 5.69 Å². The summed E-state index contributed by atoms with van der Waals surface area (Å²) in [6.45, 7) is 2.85. The first-order chi connectivity index (χ1) is 12.0. The number of likely N-dealkylation sites (tertiary alicyclic amines) is 1. The van der Waals surface area contributed by atoms with Crippen molar-refractivity contribution in [2.75, 3.05) is 18.8 Å². The van der Waals surface area contributed by atoms with E-state index >= 15 is 0 Å².